The highest BCUT2D eigenvalue weighted by Gasteiger charge is 2.16. The minimum Gasteiger partial charge on any atom is -0.341 e. The van der Waals surface area contributed by atoms with E-state index < -0.39 is 10.0 Å². The van der Waals surface area contributed by atoms with Crippen molar-refractivity contribution in [1.29, 1.82) is 0 Å². The Morgan fingerprint density at radius 1 is 1.00 bits per heavy atom. The number of amides is 1. The molecule has 0 aliphatic heterocycles. The van der Waals surface area contributed by atoms with Crippen LogP contribution in [0.5, 0.6) is 0 Å². The summed E-state index contributed by atoms with van der Waals surface area (Å²) in [6.07, 6.45) is 0.0910. The summed E-state index contributed by atoms with van der Waals surface area (Å²) in [6.45, 7) is 0.506. The van der Waals surface area contributed by atoms with Gasteiger partial charge >= 0.3 is 0 Å². The maximum absolute atomic E-state index is 12.5. The predicted molar refractivity (Wildman–Crippen MR) is 114 cm³/mol. The van der Waals surface area contributed by atoms with E-state index in [9.17, 15) is 13.2 Å². The number of halogens is 1. The Kier molecular flexibility index (Phi) is 6.49. The molecule has 3 aromatic carbocycles. The maximum atomic E-state index is 12.5. The molecule has 28 heavy (non-hydrogen) atoms. The standard InChI is InChI=1S/C21H21BrN2O3S/c1-24(15-18-8-4-5-9-20(18)22)21(25)12-13-23-28(26,27)19-11-10-16-6-2-3-7-17(16)14-19/h2-11,14,23H,12-13,15H2,1H3. The van der Waals surface area contributed by atoms with E-state index in [1.54, 1.807) is 30.1 Å². The fraction of sp³-hybridized carbons (Fsp3) is 0.190. The molecule has 0 aliphatic rings. The van der Waals surface area contributed by atoms with Crippen LogP contribution in [0.4, 0.5) is 0 Å². The van der Waals surface area contributed by atoms with Gasteiger partial charge in [-0.3, -0.25) is 4.79 Å². The smallest absolute Gasteiger partial charge is 0.240 e. The highest BCUT2D eigenvalue weighted by atomic mass is 79.9. The van der Waals surface area contributed by atoms with Crippen molar-refractivity contribution in [3.05, 3.63) is 76.8 Å². The lowest BCUT2D eigenvalue weighted by molar-refractivity contribution is -0.130. The molecule has 1 amide bonds. The number of carbonyl (C=O) groups excluding carboxylic acids is 1. The monoisotopic (exact) mass is 460 g/mol. The Labute approximate surface area is 173 Å². The van der Waals surface area contributed by atoms with Gasteiger partial charge in [0.25, 0.3) is 0 Å². The lowest BCUT2D eigenvalue weighted by atomic mass is 10.1. The molecule has 0 aliphatic carbocycles. The van der Waals surface area contributed by atoms with Crippen LogP contribution in [0, 0.1) is 0 Å². The van der Waals surface area contributed by atoms with E-state index in [4.69, 9.17) is 0 Å². The third-order valence-corrected chi connectivity index (χ3v) is 6.69. The van der Waals surface area contributed by atoms with Crippen LogP contribution < -0.4 is 4.72 Å². The van der Waals surface area contributed by atoms with Crippen molar-refractivity contribution in [2.45, 2.75) is 17.9 Å². The third-order valence-electron chi connectivity index (χ3n) is 4.45. The number of sulfonamides is 1. The number of hydrogen-bond acceptors (Lipinski definition) is 3. The van der Waals surface area contributed by atoms with Crippen LogP contribution >= 0.6 is 15.9 Å². The molecule has 0 fully saturated rings. The molecule has 0 atom stereocenters. The summed E-state index contributed by atoms with van der Waals surface area (Å²) < 4.78 is 28.5. The zero-order valence-electron chi connectivity index (χ0n) is 15.4. The number of carbonyl (C=O) groups is 1. The second-order valence-corrected chi connectivity index (χ2v) is 9.12. The summed E-state index contributed by atoms with van der Waals surface area (Å²) in [6, 6.07) is 20.3. The van der Waals surface area contributed by atoms with Crippen molar-refractivity contribution < 1.29 is 13.2 Å². The molecule has 0 heterocycles. The fourth-order valence-corrected chi connectivity index (χ4v) is 4.35. The first kappa shape index (κ1) is 20.5. The Morgan fingerprint density at radius 2 is 1.68 bits per heavy atom. The highest BCUT2D eigenvalue weighted by Crippen LogP contribution is 2.19. The molecule has 0 saturated heterocycles. The number of fused-ring (bicyclic) bond motifs is 1. The minimum atomic E-state index is -3.67. The molecule has 3 rings (SSSR count). The minimum absolute atomic E-state index is 0.0499. The van der Waals surface area contributed by atoms with Crippen LogP contribution in [-0.4, -0.2) is 32.8 Å². The quantitative estimate of drug-likeness (QED) is 0.580. The van der Waals surface area contributed by atoms with Gasteiger partial charge in [0, 0.05) is 31.0 Å². The SMILES string of the molecule is CN(Cc1ccccc1Br)C(=O)CCNS(=O)(=O)c1ccc2ccccc2c1. The maximum Gasteiger partial charge on any atom is 0.240 e. The number of nitrogens with one attached hydrogen (secondary N) is 1. The largest absolute Gasteiger partial charge is 0.341 e. The molecule has 0 aromatic heterocycles. The van der Waals surface area contributed by atoms with Crippen molar-refractivity contribution in [1.82, 2.24) is 9.62 Å². The lowest BCUT2D eigenvalue weighted by Crippen LogP contribution is -2.32. The average molecular weight is 461 g/mol. The van der Waals surface area contributed by atoms with Crippen LogP contribution in [-0.2, 0) is 21.4 Å². The van der Waals surface area contributed by atoms with E-state index in [0.29, 0.717) is 6.54 Å². The molecule has 3 aromatic rings. The van der Waals surface area contributed by atoms with E-state index in [0.717, 1.165) is 20.8 Å². The third kappa shape index (κ3) is 4.98. The molecule has 1 N–H and O–H groups in total. The van der Waals surface area contributed by atoms with Crippen molar-refractivity contribution in [2.24, 2.45) is 0 Å². The van der Waals surface area contributed by atoms with Crippen molar-refractivity contribution >= 4 is 42.6 Å². The molecule has 0 saturated carbocycles. The number of rotatable bonds is 7. The van der Waals surface area contributed by atoms with Gasteiger partial charge in [-0.1, -0.05) is 64.5 Å². The Morgan fingerprint density at radius 3 is 2.43 bits per heavy atom. The van der Waals surface area contributed by atoms with E-state index in [1.807, 2.05) is 48.5 Å². The van der Waals surface area contributed by atoms with Gasteiger partial charge in [-0.25, -0.2) is 13.1 Å². The average Bonchev–Trinajstić information content (AvgIpc) is 2.69. The van der Waals surface area contributed by atoms with Crippen LogP contribution in [0.15, 0.2) is 76.1 Å². The lowest BCUT2D eigenvalue weighted by Gasteiger charge is -2.18. The first-order valence-corrected chi connectivity index (χ1v) is 11.1. The Balaban J connectivity index is 1.58. The van der Waals surface area contributed by atoms with Crippen molar-refractivity contribution in [3.8, 4) is 0 Å². The zero-order valence-corrected chi connectivity index (χ0v) is 17.8. The van der Waals surface area contributed by atoms with E-state index in [2.05, 4.69) is 20.7 Å². The second-order valence-electron chi connectivity index (χ2n) is 6.50. The van der Waals surface area contributed by atoms with Gasteiger partial charge in [0.15, 0.2) is 0 Å². The van der Waals surface area contributed by atoms with Gasteiger partial charge in [-0.15, -0.1) is 0 Å². The van der Waals surface area contributed by atoms with Gasteiger partial charge in [0.1, 0.15) is 0 Å². The molecular weight excluding hydrogens is 440 g/mol. The number of benzene rings is 3. The second kappa shape index (κ2) is 8.86. The van der Waals surface area contributed by atoms with E-state index in [-0.39, 0.29) is 23.8 Å². The molecule has 7 heteroatoms. The van der Waals surface area contributed by atoms with Crippen molar-refractivity contribution in [2.75, 3.05) is 13.6 Å². The molecule has 0 radical (unpaired) electrons. The topological polar surface area (TPSA) is 66.5 Å². The van der Waals surface area contributed by atoms with Gasteiger partial charge in [-0.2, -0.15) is 0 Å². The Hall–Kier alpha value is -2.22. The Bertz CT molecular complexity index is 1100. The summed E-state index contributed by atoms with van der Waals surface area (Å²) in [5, 5.41) is 1.83. The first-order chi connectivity index (χ1) is 13.4. The van der Waals surface area contributed by atoms with Crippen LogP contribution in [0.25, 0.3) is 10.8 Å². The summed E-state index contributed by atoms with van der Waals surface area (Å²) in [5.74, 6) is -0.128. The molecule has 146 valence electrons. The van der Waals surface area contributed by atoms with E-state index in [1.165, 1.54) is 0 Å². The number of nitrogens with zero attached hydrogens (tertiary/aromatic N) is 1. The zero-order chi connectivity index (χ0) is 20.1. The predicted octanol–water partition coefficient (Wildman–Crippen LogP) is 3.93. The highest BCUT2D eigenvalue weighted by molar-refractivity contribution is 9.10. The fourth-order valence-electron chi connectivity index (χ4n) is 2.87. The van der Waals surface area contributed by atoms with Gasteiger partial charge in [0.05, 0.1) is 4.90 Å². The van der Waals surface area contributed by atoms with Gasteiger partial charge < -0.3 is 4.90 Å². The summed E-state index contributed by atoms with van der Waals surface area (Å²) in [5.41, 5.74) is 0.995. The normalized spacial score (nSPS) is 11.5. The summed E-state index contributed by atoms with van der Waals surface area (Å²) >= 11 is 3.47. The molecule has 5 nitrogen and oxygen atoms in total. The summed E-state index contributed by atoms with van der Waals surface area (Å²) in [4.78, 5) is 14.1. The number of hydrogen-bond donors (Lipinski definition) is 1. The van der Waals surface area contributed by atoms with Gasteiger partial charge in [-0.05, 0) is 34.5 Å². The van der Waals surface area contributed by atoms with Crippen molar-refractivity contribution in [3.63, 3.8) is 0 Å². The first-order valence-electron chi connectivity index (χ1n) is 8.83. The molecular formula is C21H21BrN2O3S. The van der Waals surface area contributed by atoms with Crippen LogP contribution in [0.2, 0.25) is 0 Å². The van der Waals surface area contributed by atoms with Crippen LogP contribution in [0.1, 0.15) is 12.0 Å². The van der Waals surface area contributed by atoms with E-state index >= 15 is 0 Å². The summed E-state index contributed by atoms with van der Waals surface area (Å²) in [7, 11) is -1.96. The molecule has 0 spiro atoms. The molecule has 0 bridgehead atoms. The molecule has 0 unspecified atom stereocenters. The van der Waals surface area contributed by atoms with Gasteiger partial charge in [0.2, 0.25) is 15.9 Å². The van der Waals surface area contributed by atoms with Crippen LogP contribution in [0.3, 0.4) is 0 Å².